The Balaban J connectivity index is 2.12. The Morgan fingerprint density at radius 3 is 2.65 bits per heavy atom. The number of benzene rings is 2. The van der Waals surface area contributed by atoms with Gasteiger partial charge in [0, 0.05) is 23.2 Å². The smallest absolute Gasteiger partial charge is 0.231 e. The normalized spacial score (nSPS) is 13.6. The Morgan fingerprint density at radius 2 is 1.75 bits per heavy atom. The number of aromatic nitrogens is 2. The lowest BCUT2D eigenvalue weighted by molar-refractivity contribution is 0.174. The molecule has 2 aromatic carbocycles. The molecule has 0 saturated carbocycles. The Morgan fingerprint density at radius 1 is 0.950 bits per heavy atom. The van der Waals surface area contributed by atoms with Gasteiger partial charge < -0.3 is 9.47 Å². The van der Waals surface area contributed by atoms with Crippen LogP contribution in [-0.2, 0) is 0 Å². The molecule has 0 amide bonds. The molecule has 4 heteroatoms. The van der Waals surface area contributed by atoms with Crippen LogP contribution < -0.4 is 9.47 Å². The van der Waals surface area contributed by atoms with Gasteiger partial charge in [0.25, 0.3) is 0 Å². The zero-order chi connectivity index (χ0) is 13.1. The lowest BCUT2D eigenvalue weighted by Crippen LogP contribution is -1.92. The molecule has 1 aliphatic heterocycles. The number of hydrogen-bond donors (Lipinski definition) is 0. The number of hydrogen-bond acceptors (Lipinski definition) is 3. The van der Waals surface area contributed by atoms with Gasteiger partial charge in [0.15, 0.2) is 11.5 Å². The van der Waals surface area contributed by atoms with E-state index in [4.69, 9.17) is 9.47 Å². The van der Waals surface area contributed by atoms with E-state index in [1.54, 1.807) is 0 Å². The molecule has 5 rings (SSSR count). The van der Waals surface area contributed by atoms with Crippen molar-refractivity contribution in [3.8, 4) is 11.5 Å². The molecular formula is C16H10N2O2. The SMILES string of the molecule is c1ccc2c(c1)c1cc3c(cc1c1nccn21)OCO3. The fourth-order valence-corrected chi connectivity index (χ4v) is 2.96. The predicted molar refractivity (Wildman–Crippen MR) is 76.3 cm³/mol. The molecule has 2 aromatic heterocycles. The molecular weight excluding hydrogens is 252 g/mol. The summed E-state index contributed by atoms with van der Waals surface area (Å²) >= 11 is 0. The van der Waals surface area contributed by atoms with Gasteiger partial charge in [0.2, 0.25) is 6.79 Å². The Labute approximate surface area is 114 Å². The van der Waals surface area contributed by atoms with Gasteiger partial charge >= 0.3 is 0 Å². The summed E-state index contributed by atoms with van der Waals surface area (Å²) in [4.78, 5) is 4.49. The zero-order valence-electron chi connectivity index (χ0n) is 10.5. The summed E-state index contributed by atoms with van der Waals surface area (Å²) in [5.41, 5.74) is 2.09. The topological polar surface area (TPSA) is 35.8 Å². The summed E-state index contributed by atoms with van der Waals surface area (Å²) in [6.45, 7) is 0.286. The first-order valence-electron chi connectivity index (χ1n) is 6.49. The molecule has 4 nitrogen and oxygen atoms in total. The number of pyridine rings is 1. The summed E-state index contributed by atoms with van der Waals surface area (Å²) in [6, 6.07) is 12.4. The molecule has 0 fully saturated rings. The minimum absolute atomic E-state index is 0.286. The van der Waals surface area contributed by atoms with Gasteiger partial charge in [-0.05, 0) is 23.6 Å². The fraction of sp³-hybridized carbons (Fsp3) is 0.0625. The van der Waals surface area contributed by atoms with Gasteiger partial charge in [-0.15, -0.1) is 0 Å². The molecule has 0 radical (unpaired) electrons. The maximum atomic E-state index is 5.50. The van der Waals surface area contributed by atoms with Gasteiger partial charge in [-0.2, -0.15) is 0 Å². The highest BCUT2D eigenvalue weighted by Crippen LogP contribution is 2.39. The summed E-state index contributed by atoms with van der Waals surface area (Å²) < 4.78 is 13.1. The van der Waals surface area contributed by atoms with Crippen molar-refractivity contribution in [3.63, 3.8) is 0 Å². The van der Waals surface area contributed by atoms with E-state index in [-0.39, 0.29) is 6.79 Å². The van der Waals surface area contributed by atoms with Crippen LogP contribution in [-0.4, -0.2) is 16.2 Å². The monoisotopic (exact) mass is 262 g/mol. The molecule has 1 aliphatic rings. The van der Waals surface area contributed by atoms with Crippen LogP contribution in [0.2, 0.25) is 0 Å². The Bertz CT molecular complexity index is 988. The second-order valence-corrected chi connectivity index (χ2v) is 4.89. The van der Waals surface area contributed by atoms with E-state index in [0.717, 1.165) is 33.4 Å². The molecule has 0 saturated heterocycles. The first-order valence-corrected chi connectivity index (χ1v) is 6.49. The largest absolute Gasteiger partial charge is 0.454 e. The van der Waals surface area contributed by atoms with Crippen LogP contribution in [0, 0.1) is 0 Å². The van der Waals surface area contributed by atoms with Crippen LogP contribution in [0.1, 0.15) is 0 Å². The lowest BCUT2D eigenvalue weighted by atomic mass is 10.1. The molecule has 20 heavy (non-hydrogen) atoms. The predicted octanol–water partition coefficient (Wildman–Crippen LogP) is 3.37. The van der Waals surface area contributed by atoms with Gasteiger partial charge in [-0.25, -0.2) is 4.98 Å². The van der Waals surface area contributed by atoms with E-state index in [2.05, 4.69) is 33.7 Å². The van der Waals surface area contributed by atoms with Crippen molar-refractivity contribution in [2.75, 3.05) is 6.79 Å². The maximum Gasteiger partial charge on any atom is 0.231 e. The molecule has 0 spiro atoms. The van der Waals surface area contributed by atoms with E-state index in [1.165, 1.54) is 5.39 Å². The van der Waals surface area contributed by atoms with Crippen molar-refractivity contribution < 1.29 is 9.47 Å². The number of para-hydroxylation sites is 1. The molecule has 0 bridgehead atoms. The number of rotatable bonds is 0. The third-order valence-corrected chi connectivity index (χ3v) is 3.85. The van der Waals surface area contributed by atoms with E-state index in [0.29, 0.717) is 0 Å². The zero-order valence-corrected chi connectivity index (χ0v) is 10.5. The van der Waals surface area contributed by atoms with Crippen LogP contribution in [0.15, 0.2) is 48.8 Å². The third kappa shape index (κ3) is 1.13. The van der Waals surface area contributed by atoms with Crippen molar-refractivity contribution in [1.82, 2.24) is 9.38 Å². The van der Waals surface area contributed by atoms with Gasteiger partial charge in [-0.3, -0.25) is 4.40 Å². The van der Waals surface area contributed by atoms with Crippen molar-refractivity contribution in [2.24, 2.45) is 0 Å². The molecule has 3 heterocycles. The molecule has 4 aromatic rings. The van der Waals surface area contributed by atoms with Crippen molar-refractivity contribution >= 4 is 27.3 Å². The van der Waals surface area contributed by atoms with Crippen LogP contribution in [0.25, 0.3) is 27.3 Å². The fourth-order valence-electron chi connectivity index (χ4n) is 2.96. The van der Waals surface area contributed by atoms with Crippen LogP contribution in [0.5, 0.6) is 11.5 Å². The second kappa shape index (κ2) is 3.42. The highest BCUT2D eigenvalue weighted by molar-refractivity contribution is 6.12. The highest BCUT2D eigenvalue weighted by Gasteiger charge is 2.17. The molecule has 0 atom stereocenters. The van der Waals surface area contributed by atoms with Gasteiger partial charge in [0.05, 0.1) is 5.52 Å². The van der Waals surface area contributed by atoms with E-state index >= 15 is 0 Å². The summed E-state index contributed by atoms with van der Waals surface area (Å²) in [7, 11) is 0. The van der Waals surface area contributed by atoms with Crippen LogP contribution in [0.3, 0.4) is 0 Å². The average Bonchev–Trinajstić information content (AvgIpc) is 3.14. The number of ether oxygens (including phenoxy) is 2. The molecule has 0 N–H and O–H groups in total. The second-order valence-electron chi connectivity index (χ2n) is 4.89. The quantitative estimate of drug-likeness (QED) is 0.456. The average molecular weight is 262 g/mol. The van der Waals surface area contributed by atoms with Crippen molar-refractivity contribution in [2.45, 2.75) is 0 Å². The molecule has 0 unspecified atom stereocenters. The maximum absolute atomic E-state index is 5.50. The van der Waals surface area contributed by atoms with Crippen molar-refractivity contribution in [1.29, 1.82) is 0 Å². The van der Waals surface area contributed by atoms with Gasteiger partial charge in [0.1, 0.15) is 5.65 Å². The Kier molecular flexibility index (Phi) is 1.72. The Hall–Kier alpha value is -2.75. The summed E-state index contributed by atoms with van der Waals surface area (Å²) in [5.74, 6) is 1.59. The number of imidazole rings is 1. The van der Waals surface area contributed by atoms with E-state index < -0.39 is 0 Å². The lowest BCUT2D eigenvalue weighted by Gasteiger charge is -2.08. The summed E-state index contributed by atoms with van der Waals surface area (Å²) in [6.07, 6.45) is 3.81. The number of nitrogens with zero attached hydrogens (tertiary/aromatic N) is 2. The minimum Gasteiger partial charge on any atom is -0.454 e. The van der Waals surface area contributed by atoms with E-state index in [9.17, 15) is 0 Å². The van der Waals surface area contributed by atoms with Crippen LogP contribution in [0.4, 0.5) is 0 Å². The summed E-state index contributed by atoms with van der Waals surface area (Å²) in [5, 5.41) is 3.41. The van der Waals surface area contributed by atoms with Crippen molar-refractivity contribution in [3.05, 3.63) is 48.8 Å². The van der Waals surface area contributed by atoms with Crippen LogP contribution >= 0.6 is 0 Å². The van der Waals surface area contributed by atoms with Gasteiger partial charge in [-0.1, -0.05) is 18.2 Å². The highest BCUT2D eigenvalue weighted by atomic mass is 16.7. The third-order valence-electron chi connectivity index (χ3n) is 3.85. The number of fused-ring (bicyclic) bond motifs is 7. The first-order chi connectivity index (χ1) is 9.92. The molecule has 96 valence electrons. The standard InChI is InChI=1S/C16H10N2O2/c1-2-4-13-10(3-1)11-7-14-15(20-9-19-14)8-12(11)16-17-5-6-18(13)16/h1-8H,9H2. The molecule has 0 aliphatic carbocycles. The van der Waals surface area contributed by atoms with E-state index in [1.807, 2.05) is 24.5 Å². The minimum atomic E-state index is 0.286. The first kappa shape index (κ1) is 10.1.